The lowest BCUT2D eigenvalue weighted by Gasteiger charge is -2.08. The number of hydrogen-bond donors (Lipinski definition) is 2. The summed E-state index contributed by atoms with van der Waals surface area (Å²) in [5.74, 6) is 3.34. The van der Waals surface area contributed by atoms with Gasteiger partial charge in [0.1, 0.15) is 0 Å². The summed E-state index contributed by atoms with van der Waals surface area (Å²) in [5, 5.41) is 3.41. The Kier molecular flexibility index (Phi) is 3.28. The summed E-state index contributed by atoms with van der Waals surface area (Å²) in [6.45, 7) is 0.961. The number of rotatable bonds is 2. The van der Waals surface area contributed by atoms with Crippen molar-refractivity contribution in [2.45, 2.75) is 6.42 Å². The van der Waals surface area contributed by atoms with E-state index < -0.39 is 0 Å². The van der Waals surface area contributed by atoms with Gasteiger partial charge < -0.3 is 11.1 Å². The van der Waals surface area contributed by atoms with Crippen LogP contribution in [0, 0.1) is 5.92 Å². The molecule has 0 amide bonds. The Hall–Kier alpha value is 0.0400. The van der Waals surface area contributed by atoms with Gasteiger partial charge in [0.05, 0.1) is 0 Å². The van der Waals surface area contributed by atoms with Gasteiger partial charge in [-0.3, -0.25) is 0 Å². The highest BCUT2D eigenvalue weighted by molar-refractivity contribution is 7.99. The van der Waals surface area contributed by atoms with Gasteiger partial charge >= 0.3 is 0 Å². The highest BCUT2D eigenvalue weighted by Gasteiger charge is 2.14. The standard InChI is InChI=1S/C6H12N2S2/c7-6(9)8-3-5-1-2-10-4-5/h5H,1-4H2,(H3,7,8,9). The van der Waals surface area contributed by atoms with Gasteiger partial charge in [-0.05, 0) is 36.1 Å². The zero-order valence-electron chi connectivity index (χ0n) is 5.80. The lowest BCUT2D eigenvalue weighted by atomic mass is 10.1. The topological polar surface area (TPSA) is 38.0 Å². The molecule has 0 aliphatic carbocycles. The number of nitrogens with two attached hydrogens (primary N) is 1. The maximum atomic E-state index is 5.28. The fourth-order valence-electron chi connectivity index (χ4n) is 0.989. The number of hydrogen-bond acceptors (Lipinski definition) is 2. The van der Waals surface area contributed by atoms with E-state index in [1.807, 2.05) is 11.8 Å². The molecule has 1 unspecified atom stereocenters. The fourth-order valence-corrected chi connectivity index (χ4v) is 2.36. The van der Waals surface area contributed by atoms with Crippen molar-refractivity contribution in [3.05, 3.63) is 0 Å². The second kappa shape index (κ2) is 4.03. The summed E-state index contributed by atoms with van der Waals surface area (Å²) in [7, 11) is 0. The molecule has 3 N–H and O–H groups in total. The first-order valence-corrected chi connectivity index (χ1v) is 4.96. The number of thiocarbonyl (C=S) groups is 1. The first-order chi connectivity index (χ1) is 4.79. The monoisotopic (exact) mass is 176 g/mol. The van der Waals surface area contributed by atoms with Crippen molar-refractivity contribution < 1.29 is 0 Å². The Bertz CT molecular complexity index is 121. The van der Waals surface area contributed by atoms with E-state index in [0.29, 0.717) is 5.11 Å². The second-order valence-corrected chi connectivity index (χ2v) is 4.06. The molecule has 0 aromatic heterocycles. The van der Waals surface area contributed by atoms with Crippen molar-refractivity contribution in [2.24, 2.45) is 11.7 Å². The van der Waals surface area contributed by atoms with Crippen molar-refractivity contribution in [1.82, 2.24) is 5.32 Å². The van der Waals surface area contributed by atoms with Crippen LogP contribution in [0.4, 0.5) is 0 Å². The van der Waals surface area contributed by atoms with Gasteiger partial charge in [-0.1, -0.05) is 0 Å². The first-order valence-electron chi connectivity index (χ1n) is 3.40. The molecule has 1 rings (SSSR count). The van der Waals surface area contributed by atoms with Gasteiger partial charge in [-0.2, -0.15) is 11.8 Å². The van der Waals surface area contributed by atoms with E-state index in [-0.39, 0.29) is 0 Å². The Labute approximate surface area is 70.9 Å². The molecule has 1 aliphatic heterocycles. The molecule has 1 aliphatic rings. The van der Waals surface area contributed by atoms with E-state index >= 15 is 0 Å². The van der Waals surface area contributed by atoms with Crippen LogP contribution in [0.25, 0.3) is 0 Å². The van der Waals surface area contributed by atoms with E-state index in [2.05, 4.69) is 5.32 Å². The van der Waals surface area contributed by atoms with E-state index in [1.165, 1.54) is 17.9 Å². The average molecular weight is 176 g/mol. The Morgan fingerprint density at radius 2 is 2.60 bits per heavy atom. The molecule has 1 heterocycles. The Balaban J connectivity index is 2.07. The van der Waals surface area contributed by atoms with Crippen LogP contribution in [0.15, 0.2) is 0 Å². The molecule has 58 valence electrons. The zero-order chi connectivity index (χ0) is 7.40. The predicted octanol–water partition coefficient (Wildman–Crippen LogP) is 0.573. The highest BCUT2D eigenvalue weighted by atomic mass is 32.2. The third-order valence-electron chi connectivity index (χ3n) is 1.59. The van der Waals surface area contributed by atoms with Crippen molar-refractivity contribution in [3.8, 4) is 0 Å². The third kappa shape index (κ3) is 2.75. The number of nitrogens with one attached hydrogen (secondary N) is 1. The molecule has 0 bridgehead atoms. The molecule has 0 radical (unpaired) electrons. The van der Waals surface area contributed by atoms with Crippen LogP contribution in [0.5, 0.6) is 0 Å². The lowest BCUT2D eigenvalue weighted by molar-refractivity contribution is 0.581. The molecule has 0 aromatic carbocycles. The van der Waals surface area contributed by atoms with Gasteiger partial charge in [-0.25, -0.2) is 0 Å². The van der Waals surface area contributed by atoms with Gasteiger partial charge in [0.25, 0.3) is 0 Å². The van der Waals surface area contributed by atoms with Gasteiger partial charge in [-0.15, -0.1) is 0 Å². The van der Waals surface area contributed by atoms with Crippen LogP contribution in [-0.2, 0) is 0 Å². The maximum absolute atomic E-state index is 5.28. The Morgan fingerprint density at radius 3 is 3.10 bits per heavy atom. The van der Waals surface area contributed by atoms with Crippen LogP contribution >= 0.6 is 24.0 Å². The largest absolute Gasteiger partial charge is 0.376 e. The van der Waals surface area contributed by atoms with E-state index in [9.17, 15) is 0 Å². The molecule has 4 heteroatoms. The lowest BCUT2D eigenvalue weighted by Crippen LogP contribution is -2.33. The summed E-state index contributed by atoms with van der Waals surface area (Å²) in [6, 6.07) is 0. The van der Waals surface area contributed by atoms with E-state index in [4.69, 9.17) is 18.0 Å². The molecule has 0 spiro atoms. The molecule has 1 fully saturated rings. The molecule has 2 nitrogen and oxygen atoms in total. The maximum Gasteiger partial charge on any atom is 0.163 e. The highest BCUT2D eigenvalue weighted by Crippen LogP contribution is 2.22. The van der Waals surface area contributed by atoms with Gasteiger partial charge in [0, 0.05) is 6.54 Å². The molecule has 1 atom stereocenters. The van der Waals surface area contributed by atoms with Gasteiger partial charge in [0.15, 0.2) is 5.11 Å². The zero-order valence-corrected chi connectivity index (χ0v) is 7.43. The van der Waals surface area contributed by atoms with Gasteiger partial charge in [0.2, 0.25) is 0 Å². The van der Waals surface area contributed by atoms with Crippen LogP contribution in [0.1, 0.15) is 6.42 Å². The third-order valence-corrected chi connectivity index (χ3v) is 2.96. The minimum absolute atomic E-state index is 0.428. The second-order valence-electron chi connectivity index (χ2n) is 2.47. The molecular weight excluding hydrogens is 164 g/mol. The van der Waals surface area contributed by atoms with Crippen LogP contribution in [-0.4, -0.2) is 23.2 Å². The quantitative estimate of drug-likeness (QED) is 0.603. The molecule has 0 saturated carbocycles. The van der Waals surface area contributed by atoms with Crippen LogP contribution in [0.3, 0.4) is 0 Å². The van der Waals surface area contributed by atoms with Crippen molar-refractivity contribution in [3.63, 3.8) is 0 Å². The fraction of sp³-hybridized carbons (Fsp3) is 0.833. The molecule has 1 saturated heterocycles. The van der Waals surface area contributed by atoms with Crippen molar-refractivity contribution in [2.75, 3.05) is 18.1 Å². The van der Waals surface area contributed by atoms with Crippen molar-refractivity contribution >= 4 is 29.1 Å². The SMILES string of the molecule is NC(=S)NCC1CCSC1. The number of thioether (sulfide) groups is 1. The average Bonchev–Trinajstić information content (AvgIpc) is 2.34. The first kappa shape index (κ1) is 8.14. The Morgan fingerprint density at radius 1 is 1.80 bits per heavy atom. The summed E-state index contributed by atoms with van der Waals surface area (Å²) in [5.41, 5.74) is 5.28. The minimum atomic E-state index is 0.428. The summed E-state index contributed by atoms with van der Waals surface area (Å²) in [4.78, 5) is 0. The van der Waals surface area contributed by atoms with Crippen LogP contribution in [0.2, 0.25) is 0 Å². The van der Waals surface area contributed by atoms with Crippen molar-refractivity contribution in [1.29, 1.82) is 0 Å². The van der Waals surface area contributed by atoms with Crippen LogP contribution < -0.4 is 11.1 Å². The molecular formula is C6H12N2S2. The predicted molar refractivity (Wildman–Crippen MR) is 50.2 cm³/mol. The van der Waals surface area contributed by atoms with E-state index in [0.717, 1.165) is 12.5 Å². The normalized spacial score (nSPS) is 24.6. The molecule has 10 heavy (non-hydrogen) atoms. The molecule has 0 aromatic rings. The summed E-state index contributed by atoms with van der Waals surface area (Å²) < 4.78 is 0. The smallest absolute Gasteiger partial charge is 0.163 e. The minimum Gasteiger partial charge on any atom is -0.376 e. The summed E-state index contributed by atoms with van der Waals surface area (Å²) >= 11 is 6.70. The van der Waals surface area contributed by atoms with E-state index in [1.54, 1.807) is 0 Å². The summed E-state index contributed by atoms with van der Waals surface area (Å²) in [6.07, 6.45) is 1.31.